The van der Waals surface area contributed by atoms with E-state index < -0.39 is 5.76 Å². The Morgan fingerprint density at radius 2 is 1.86 bits per heavy atom. The van der Waals surface area contributed by atoms with Crippen LogP contribution in [0.1, 0.15) is 5.56 Å². The van der Waals surface area contributed by atoms with Crippen LogP contribution in [-0.4, -0.2) is 46.2 Å². The normalized spacial score (nSPS) is 11.3. The lowest BCUT2D eigenvalue weighted by Crippen LogP contribution is -1.98. The van der Waals surface area contributed by atoms with Gasteiger partial charge in [0.05, 0.1) is 20.4 Å². The number of hydrogen-bond acceptors (Lipinski definition) is 7. The highest BCUT2D eigenvalue weighted by atomic mass is 32.2. The maximum atomic E-state index is 12.9. The molecule has 7 nitrogen and oxygen atoms in total. The smallest absolute Gasteiger partial charge is 0.291 e. The van der Waals surface area contributed by atoms with Crippen LogP contribution in [0.5, 0.6) is 17.2 Å². The molecule has 10 heteroatoms. The Labute approximate surface area is 163 Å². The Balaban J connectivity index is 1.99. The van der Waals surface area contributed by atoms with E-state index in [0.29, 0.717) is 28.5 Å². The Hall–Kier alpha value is -3.14. The minimum atomic E-state index is -2.67. The fourth-order valence-electron chi connectivity index (χ4n) is 2.35. The van der Waals surface area contributed by atoms with Gasteiger partial charge < -0.3 is 14.6 Å². The molecule has 0 amide bonds. The van der Waals surface area contributed by atoms with E-state index in [9.17, 15) is 13.9 Å². The summed E-state index contributed by atoms with van der Waals surface area (Å²) >= 11 is 0.241. The van der Waals surface area contributed by atoms with Gasteiger partial charge in [-0.05, 0) is 59.8 Å². The minimum Gasteiger partial charge on any atom is -0.504 e. The van der Waals surface area contributed by atoms with E-state index in [0.717, 1.165) is 0 Å². The molecular formula is C18H16F2N4O3S. The fraction of sp³-hybridized carbons (Fsp3) is 0.167. The summed E-state index contributed by atoms with van der Waals surface area (Å²) < 4.78 is 37.1. The predicted octanol–water partition coefficient (Wildman–Crippen LogP) is 3.86. The van der Waals surface area contributed by atoms with Crippen molar-refractivity contribution in [3.63, 3.8) is 0 Å². The van der Waals surface area contributed by atoms with E-state index in [-0.39, 0.29) is 22.7 Å². The first-order valence-electron chi connectivity index (χ1n) is 7.98. The molecule has 0 saturated carbocycles. The topological polar surface area (TPSA) is 81.8 Å². The first kappa shape index (κ1) is 19.6. The summed E-state index contributed by atoms with van der Waals surface area (Å²) in [6.45, 7) is 0. The van der Waals surface area contributed by atoms with Gasteiger partial charge in [-0.15, -0.1) is 10.2 Å². The van der Waals surface area contributed by atoms with Gasteiger partial charge >= 0.3 is 0 Å². The van der Waals surface area contributed by atoms with Crippen molar-refractivity contribution in [2.45, 2.75) is 10.9 Å². The summed E-state index contributed by atoms with van der Waals surface area (Å²) in [6, 6.07) is 11.6. The number of phenolic OH excluding ortho intramolecular Hbond substituents is 1. The second-order valence-electron chi connectivity index (χ2n) is 5.40. The van der Waals surface area contributed by atoms with E-state index in [1.807, 2.05) is 0 Å². The summed E-state index contributed by atoms with van der Waals surface area (Å²) in [5.74, 6) is -1.48. The van der Waals surface area contributed by atoms with Gasteiger partial charge in [-0.3, -0.25) is 0 Å². The summed E-state index contributed by atoms with van der Waals surface area (Å²) in [5, 5.41) is 21.8. The van der Waals surface area contributed by atoms with Crippen LogP contribution in [0, 0.1) is 0 Å². The van der Waals surface area contributed by atoms with Crippen LogP contribution < -0.4 is 9.47 Å². The number of benzene rings is 2. The third-order valence-corrected chi connectivity index (χ3v) is 4.32. The molecule has 0 atom stereocenters. The van der Waals surface area contributed by atoms with Gasteiger partial charge in [0.15, 0.2) is 17.3 Å². The molecule has 0 aliphatic rings. The molecule has 28 heavy (non-hydrogen) atoms. The number of nitrogens with zero attached hydrogens (tertiary/aromatic N) is 4. The van der Waals surface area contributed by atoms with E-state index in [4.69, 9.17) is 9.47 Å². The number of methoxy groups -OCH3 is 2. The van der Waals surface area contributed by atoms with Crippen LogP contribution in [0.25, 0.3) is 11.4 Å². The number of alkyl halides is 2. The number of aromatic nitrogens is 3. The molecular weight excluding hydrogens is 390 g/mol. The van der Waals surface area contributed by atoms with Crippen LogP contribution in [0.2, 0.25) is 0 Å². The number of aromatic hydroxyl groups is 1. The van der Waals surface area contributed by atoms with E-state index in [1.165, 1.54) is 24.1 Å². The molecule has 0 radical (unpaired) electrons. The second kappa shape index (κ2) is 8.70. The number of thioether (sulfide) groups is 1. The molecule has 0 spiro atoms. The van der Waals surface area contributed by atoms with Crippen molar-refractivity contribution in [3.05, 3.63) is 48.0 Å². The fourth-order valence-corrected chi connectivity index (χ4v) is 2.84. The number of ether oxygens (including phenoxy) is 2. The molecule has 1 aromatic heterocycles. The third kappa shape index (κ3) is 4.39. The van der Waals surface area contributed by atoms with Crippen molar-refractivity contribution in [3.8, 4) is 28.6 Å². The van der Waals surface area contributed by atoms with Gasteiger partial charge in [0.25, 0.3) is 5.76 Å². The molecule has 1 heterocycles. The number of halogens is 2. The summed E-state index contributed by atoms with van der Waals surface area (Å²) in [5.41, 5.74) is 1.17. The van der Waals surface area contributed by atoms with Crippen molar-refractivity contribution in [1.82, 2.24) is 14.9 Å². The largest absolute Gasteiger partial charge is 0.504 e. The lowest BCUT2D eigenvalue weighted by atomic mass is 10.2. The summed E-state index contributed by atoms with van der Waals surface area (Å²) in [4.78, 5) is 0. The van der Waals surface area contributed by atoms with E-state index in [2.05, 4.69) is 15.3 Å². The molecule has 0 fully saturated rings. The lowest BCUT2D eigenvalue weighted by Gasteiger charge is -2.06. The number of hydrogen-bond donors (Lipinski definition) is 1. The van der Waals surface area contributed by atoms with Gasteiger partial charge in [0.2, 0.25) is 5.16 Å². The standard InChI is InChI=1S/C18H16F2N4O3S/c1-26-13-6-4-12(5-7-13)16-22-23-18(28-17(19)20)24(16)21-10-11-3-8-15(27-2)14(25)9-11/h3-10,17,25H,1-2H3/b21-10-. The van der Waals surface area contributed by atoms with Crippen molar-refractivity contribution in [2.75, 3.05) is 14.2 Å². The summed E-state index contributed by atoms with van der Waals surface area (Å²) in [7, 11) is 2.98. The highest BCUT2D eigenvalue weighted by Crippen LogP contribution is 2.29. The van der Waals surface area contributed by atoms with Crippen molar-refractivity contribution >= 4 is 18.0 Å². The molecule has 0 saturated heterocycles. The average Bonchev–Trinajstić information content (AvgIpc) is 3.08. The van der Waals surface area contributed by atoms with Crippen LogP contribution in [-0.2, 0) is 0 Å². The van der Waals surface area contributed by atoms with Crippen molar-refractivity contribution < 1.29 is 23.4 Å². The highest BCUT2D eigenvalue weighted by molar-refractivity contribution is 7.99. The zero-order valence-corrected chi connectivity index (χ0v) is 15.7. The van der Waals surface area contributed by atoms with Gasteiger partial charge in [-0.1, -0.05) is 0 Å². The van der Waals surface area contributed by atoms with Crippen molar-refractivity contribution in [2.24, 2.45) is 5.10 Å². The van der Waals surface area contributed by atoms with Crippen LogP contribution in [0.15, 0.2) is 52.7 Å². The zero-order chi connectivity index (χ0) is 20.1. The van der Waals surface area contributed by atoms with E-state index >= 15 is 0 Å². The predicted molar refractivity (Wildman–Crippen MR) is 102 cm³/mol. The molecule has 2 aromatic carbocycles. The zero-order valence-electron chi connectivity index (χ0n) is 14.9. The third-order valence-electron chi connectivity index (χ3n) is 3.68. The minimum absolute atomic E-state index is 0.0604. The Morgan fingerprint density at radius 3 is 2.46 bits per heavy atom. The number of rotatable bonds is 7. The molecule has 1 N–H and O–H groups in total. The average molecular weight is 406 g/mol. The molecule has 0 bridgehead atoms. The second-order valence-corrected chi connectivity index (χ2v) is 6.36. The van der Waals surface area contributed by atoms with Crippen LogP contribution in [0.3, 0.4) is 0 Å². The molecule has 3 aromatic rings. The summed E-state index contributed by atoms with van der Waals surface area (Å²) in [6.07, 6.45) is 1.41. The van der Waals surface area contributed by atoms with Gasteiger partial charge in [0, 0.05) is 5.56 Å². The Morgan fingerprint density at radius 1 is 1.11 bits per heavy atom. The van der Waals surface area contributed by atoms with Crippen LogP contribution in [0.4, 0.5) is 8.78 Å². The van der Waals surface area contributed by atoms with Gasteiger partial charge in [-0.25, -0.2) is 0 Å². The first-order valence-corrected chi connectivity index (χ1v) is 8.85. The molecule has 3 rings (SSSR count). The van der Waals surface area contributed by atoms with Crippen molar-refractivity contribution in [1.29, 1.82) is 0 Å². The number of phenols is 1. The first-order chi connectivity index (χ1) is 13.5. The SMILES string of the molecule is COc1ccc(-c2nnc(SC(F)F)n2/N=C\c2ccc(OC)c(O)c2)cc1. The highest BCUT2D eigenvalue weighted by Gasteiger charge is 2.18. The molecule has 0 aliphatic carbocycles. The van der Waals surface area contributed by atoms with Crippen LogP contribution >= 0.6 is 11.8 Å². The monoisotopic (exact) mass is 406 g/mol. The lowest BCUT2D eigenvalue weighted by molar-refractivity contribution is 0.251. The Bertz CT molecular complexity index is 977. The maximum absolute atomic E-state index is 12.9. The van der Waals surface area contributed by atoms with E-state index in [1.54, 1.807) is 43.5 Å². The van der Waals surface area contributed by atoms with Gasteiger partial charge in [0.1, 0.15) is 5.75 Å². The molecule has 146 valence electrons. The van der Waals surface area contributed by atoms with Gasteiger partial charge in [-0.2, -0.15) is 18.6 Å². The maximum Gasteiger partial charge on any atom is 0.291 e. The Kier molecular flexibility index (Phi) is 6.09. The quantitative estimate of drug-likeness (QED) is 0.474. The molecule has 0 unspecified atom stereocenters. The molecule has 0 aliphatic heterocycles.